The standard InChI is InChI=1S/C19H18BrN3O3/c1-11-8-14(20)4-7-16(11)23-10-13(9-17(23)24)19(26)22-15-5-2-12(3-6-15)18(21)25/h2-8,13H,9-10H2,1H3,(H2,21,25)(H,22,26)/t13-/m0/s1. The van der Waals surface area contributed by atoms with Crippen LogP contribution in [0.4, 0.5) is 11.4 Å². The first-order chi connectivity index (χ1) is 12.3. The van der Waals surface area contributed by atoms with Gasteiger partial charge in [0.05, 0.1) is 5.92 Å². The molecule has 0 spiro atoms. The Morgan fingerprint density at radius 1 is 1.19 bits per heavy atom. The van der Waals surface area contributed by atoms with Gasteiger partial charge in [-0.3, -0.25) is 14.4 Å². The zero-order chi connectivity index (χ0) is 18.8. The summed E-state index contributed by atoms with van der Waals surface area (Å²) < 4.78 is 0.944. The first-order valence-electron chi connectivity index (χ1n) is 8.12. The zero-order valence-corrected chi connectivity index (χ0v) is 15.7. The highest BCUT2D eigenvalue weighted by Crippen LogP contribution is 2.30. The first-order valence-corrected chi connectivity index (χ1v) is 8.91. The molecule has 3 amide bonds. The Balaban J connectivity index is 1.69. The quantitative estimate of drug-likeness (QED) is 0.803. The number of rotatable bonds is 4. The van der Waals surface area contributed by atoms with E-state index < -0.39 is 11.8 Å². The van der Waals surface area contributed by atoms with Gasteiger partial charge in [-0.2, -0.15) is 0 Å². The number of carbonyl (C=O) groups excluding carboxylic acids is 3. The van der Waals surface area contributed by atoms with Gasteiger partial charge in [-0.1, -0.05) is 15.9 Å². The largest absolute Gasteiger partial charge is 0.366 e. The van der Waals surface area contributed by atoms with Crippen LogP contribution in [-0.2, 0) is 9.59 Å². The van der Waals surface area contributed by atoms with Crippen LogP contribution in [0, 0.1) is 12.8 Å². The van der Waals surface area contributed by atoms with Crippen molar-refractivity contribution in [2.75, 3.05) is 16.8 Å². The number of carbonyl (C=O) groups is 3. The van der Waals surface area contributed by atoms with Gasteiger partial charge in [0.25, 0.3) is 0 Å². The van der Waals surface area contributed by atoms with Gasteiger partial charge in [0, 0.05) is 34.4 Å². The minimum Gasteiger partial charge on any atom is -0.366 e. The molecule has 0 radical (unpaired) electrons. The van der Waals surface area contributed by atoms with Crippen molar-refractivity contribution in [3.63, 3.8) is 0 Å². The fraction of sp³-hybridized carbons (Fsp3) is 0.211. The highest BCUT2D eigenvalue weighted by atomic mass is 79.9. The van der Waals surface area contributed by atoms with Crippen LogP contribution in [0.5, 0.6) is 0 Å². The molecule has 26 heavy (non-hydrogen) atoms. The van der Waals surface area contributed by atoms with Crippen molar-refractivity contribution in [3.05, 3.63) is 58.1 Å². The third-order valence-corrected chi connectivity index (χ3v) is 4.88. The van der Waals surface area contributed by atoms with Gasteiger partial charge in [-0.05, 0) is 55.0 Å². The molecule has 7 heteroatoms. The van der Waals surface area contributed by atoms with E-state index in [2.05, 4.69) is 21.2 Å². The lowest BCUT2D eigenvalue weighted by atomic mass is 10.1. The summed E-state index contributed by atoms with van der Waals surface area (Å²) in [5, 5.41) is 2.79. The van der Waals surface area contributed by atoms with Crippen molar-refractivity contribution in [2.24, 2.45) is 11.7 Å². The van der Waals surface area contributed by atoms with Crippen molar-refractivity contribution >= 4 is 45.0 Å². The van der Waals surface area contributed by atoms with Crippen molar-refractivity contribution in [3.8, 4) is 0 Å². The number of nitrogens with two attached hydrogens (primary N) is 1. The van der Waals surface area contributed by atoms with Gasteiger partial charge < -0.3 is 16.0 Å². The number of hydrogen-bond donors (Lipinski definition) is 2. The van der Waals surface area contributed by atoms with Gasteiger partial charge in [0.1, 0.15) is 0 Å². The smallest absolute Gasteiger partial charge is 0.248 e. The van der Waals surface area contributed by atoms with Crippen LogP contribution in [0.2, 0.25) is 0 Å². The molecule has 2 aromatic carbocycles. The summed E-state index contributed by atoms with van der Waals surface area (Å²) in [7, 11) is 0. The lowest BCUT2D eigenvalue weighted by molar-refractivity contribution is -0.122. The molecule has 0 aliphatic carbocycles. The fourth-order valence-corrected chi connectivity index (χ4v) is 3.48. The van der Waals surface area contributed by atoms with Crippen LogP contribution < -0.4 is 16.0 Å². The summed E-state index contributed by atoms with van der Waals surface area (Å²) >= 11 is 3.41. The van der Waals surface area contributed by atoms with Gasteiger partial charge in [-0.25, -0.2) is 0 Å². The number of benzene rings is 2. The molecule has 0 bridgehead atoms. The number of primary amides is 1. The third kappa shape index (κ3) is 3.77. The lowest BCUT2D eigenvalue weighted by Crippen LogP contribution is -2.28. The average Bonchev–Trinajstić information content (AvgIpc) is 2.97. The van der Waals surface area contributed by atoms with Crippen molar-refractivity contribution < 1.29 is 14.4 Å². The van der Waals surface area contributed by atoms with Crippen LogP contribution in [-0.4, -0.2) is 24.3 Å². The van der Waals surface area contributed by atoms with Crippen LogP contribution in [0.1, 0.15) is 22.3 Å². The van der Waals surface area contributed by atoms with Gasteiger partial charge in [0.15, 0.2) is 0 Å². The predicted octanol–water partition coefficient (Wildman–Crippen LogP) is 2.85. The van der Waals surface area contributed by atoms with Crippen molar-refractivity contribution in [2.45, 2.75) is 13.3 Å². The van der Waals surface area contributed by atoms with E-state index in [0.717, 1.165) is 15.7 Å². The SMILES string of the molecule is Cc1cc(Br)ccc1N1C[C@@H](C(=O)Nc2ccc(C(N)=O)cc2)CC1=O. The Morgan fingerprint density at radius 2 is 1.88 bits per heavy atom. The summed E-state index contributed by atoms with van der Waals surface area (Å²) in [4.78, 5) is 37.6. The monoisotopic (exact) mass is 415 g/mol. The second-order valence-corrected chi connectivity index (χ2v) is 7.18. The zero-order valence-electron chi connectivity index (χ0n) is 14.2. The molecule has 0 unspecified atom stereocenters. The van der Waals surface area contributed by atoms with Crippen molar-refractivity contribution in [1.29, 1.82) is 0 Å². The number of amides is 3. The number of aryl methyl sites for hydroxylation is 1. The average molecular weight is 416 g/mol. The van der Waals surface area contributed by atoms with Gasteiger partial charge in [0.2, 0.25) is 17.7 Å². The summed E-state index contributed by atoms with van der Waals surface area (Å²) in [6.45, 7) is 2.27. The van der Waals surface area contributed by atoms with E-state index in [4.69, 9.17) is 5.73 Å². The molecule has 0 aromatic heterocycles. The molecule has 6 nitrogen and oxygen atoms in total. The Bertz CT molecular complexity index is 880. The lowest BCUT2D eigenvalue weighted by Gasteiger charge is -2.19. The van der Waals surface area contributed by atoms with Gasteiger partial charge >= 0.3 is 0 Å². The Hall–Kier alpha value is -2.67. The van der Waals surface area contributed by atoms with Crippen molar-refractivity contribution in [1.82, 2.24) is 0 Å². The molecule has 1 heterocycles. The normalized spacial score (nSPS) is 16.6. The molecule has 1 aliphatic rings. The van der Waals surface area contributed by atoms with Gasteiger partial charge in [-0.15, -0.1) is 0 Å². The molecule has 3 N–H and O–H groups in total. The molecule has 1 aliphatic heterocycles. The maximum Gasteiger partial charge on any atom is 0.248 e. The van der Waals surface area contributed by atoms with Crippen LogP contribution in [0.3, 0.4) is 0 Å². The number of nitrogens with zero attached hydrogens (tertiary/aromatic N) is 1. The predicted molar refractivity (Wildman–Crippen MR) is 103 cm³/mol. The molecule has 1 saturated heterocycles. The Kier molecular flexibility index (Phi) is 5.08. The number of nitrogens with one attached hydrogen (secondary N) is 1. The molecule has 134 valence electrons. The fourth-order valence-electron chi connectivity index (χ4n) is 3.00. The van der Waals surface area contributed by atoms with Crippen LogP contribution in [0.25, 0.3) is 0 Å². The molecular weight excluding hydrogens is 398 g/mol. The first kappa shape index (κ1) is 18.1. The second kappa shape index (κ2) is 7.29. The molecular formula is C19H18BrN3O3. The van der Waals surface area contributed by atoms with E-state index in [-0.39, 0.29) is 18.2 Å². The van der Waals surface area contributed by atoms with E-state index in [1.54, 1.807) is 29.2 Å². The molecule has 1 fully saturated rings. The van der Waals surface area contributed by atoms with E-state index in [1.165, 1.54) is 0 Å². The summed E-state index contributed by atoms with van der Waals surface area (Å²) in [5.74, 6) is -1.24. The minimum absolute atomic E-state index is 0.0698. The molecule has 0 saturated carbocycles. The molecule has 2 aromatic rings. The van der Waals surface area contributed by atoms with E-state index in [9.17, 15) is 14.4 Å². The summed E-state index contributed by atoms with van der Waals surface area (Å²) in [5.41, 5.74) is 7.92. The number of hydrogen-bond acceptors (Lipinski definition) is 3. The topological polar surface area (TPSA) is 92.5 Å². The minimum atomic E-state index is -0.523. The summed E-state index contributed by atoms with van der Waals surface area (Å²) in [6.07, 6.45) is 0.167. The van der Waals surface area contributed by atoms with Crippen LogP contribution in [0.15, 0.2) is 46.9 Å². The van der Waals surface area contributed by atoms with E-state index >= 15 is 0 Å². The van der Waals surface area contributed by atoms with E-state index in [0.29, 0.717) is 17.8 Å². The number of halogens is 1. The third-order valence-electron chi connectivity index (χ3n) is 4.38. The maximum absolute atomic E-state index is 12.5. The molecule has 3 rings (SSSR count). The summed E-state index contributed by atoms with van der Waals surface area (Å²) in [6, 6.07) is 12.0. The van der Waals surface area contributed by atoms with E-state index in [1.807, 2.05) is 25.1 Å². The maximum atomic E-state index is 12.5. The Morgan fingerprint density at radius 3 is 2.50 bits per heavy atom. The second-order valence-electron chi connectivity index (χ2n) is 6.27. The Labute approximate surface area is 159 Å². The van der Waals surface area contributed by atoms with Crippen LogP contribution >= 0.6 is 15.9 Å². The highest BCUT2D eigenvalue weighted by Gasteiger charge is 2.35. The number of anilines is 2. The molecule has 1 atom stereocenters. The highest BCUT2D eigenvalue weighted by molar-refractivity contribution is 9.10.